The molecule has 3 nitrogen and oxygen atoms in total. The van der Waals surface area contributed by atoms with Crippen molar-refractivity contribution in [1.29, 1.82) is 0 Å². The summed E-state index contributed by atoms with van der Waals surface area (Å²) in [7, 11) is 0. The van der Waals surface area contributed by atoms with Crippen LogP contribution in [0, 0.1) is 5.92 Å². The Morgan fingerprint density at radius 3 is 3.24 bits per heavy atom. The van der Waals surface area contributed by atoms with Crippen LogP contribution in [0.3, 0.4) is 0 Å². The Balaban J connectivity index is 1.64. The number of hydrogen-bond acceptors (Lipinski definition) is 4. The van der Waals surface area contributed by atoms with Gasteiger partial charge >= 0.3 is 0 Å². The van der Waals surface area contributed by atoms with Gasteiger partial charge < -0.3 is 0 Å². The third-order valence-electron chi connectivity index (χ3n) is 3.89. The highest BCUT2D eigenvalue weighted by atomic mass is 32.1. The molecule has 2 heterocycles. The minimum atomic E-state index is -0.102. The van der Waals surface area contributed by atoms with Gasteiger partial charge in [-0.3, -0.25) is 4.79 Å². The molecular formula is C16H18N2OS2. The molecule has 0 spiro atoms. The molecule has 2 aromatic rings. The van der Waals surface area contributed by atoms with Crippen LogP contribution in [0.15, 0.2) is 28.7 Å². The Labute approximate surface area is 132 Å². The Kier molecular flexibility index (Phi) is 4.51. The van der Waals surface area contributed by atoms with Crippen LogP contribution in [0.25, 0.3) is 0 Å². The number of hydrogen-bond donors (Lipinski definition) is 1. The van der Waals surface area contributed by atoms with Gasteiger partial charge in [0.2, 0.25) is 0 Å². The predicted octanol–water partition coefficient (Wildman–Crippen LogP) is 4.09. The van der Waals surface area contributed by atoms with E-state index in [1.54, 1.807) is 28.9 Å². The highest BCUT2D eigenvalue weighted by Crippen LogP contribution is 2.33. The van der Waals surface area contributed by atoms with Gasteiger partial charge in [0.1, 0.15) is 0 Å². The Bertz CT molecular complexity index is 643. The molecule has 0 saturated carbocycles. The molecule has 1 aliphatic rings. The second-order valence-electron chi connectivity index (χ2n) is 5.29. The standard InChI is InChI=1S/C16H18N2OS2/c1-2-11-5-6-14-12(8-11)9-15(21-14)16(19)18-17-10-13-4-3-7-20-13/h3-4,7,9-11H,2,5-6,8H2,1H3,(H,18,19)/b17-10-/t11-/m0/s1. The Hall–Kier alpha value is -1.46. The largest absolute Gasteiger partial charge is 0.281 e. The van der Waals surface area contributed by atoms with Gasteiger partial charge in [-0.1, -0.05) is 19.4 Å². The van der Waals surface area contributed by atoms with Gasteiger partial charge in [0, 0.05) is 9.75 Å². The molecule has 1 aliphatic carbocycles. The van der Waals surface area contributed by atoms with E-state index in [2.05, 4.69) is 23.5 Å². The summed E-state index contributed by atoms with van der Waals surface area (Å²) >= 11 is 3.22. The molecule has 1 atom stereocenters. The van der Waals surface area contributed by atoms with E-state index in [1.807, 2.05) is 17.5 Å². The first-order valence-electron chi connectivity index (χ1n) is 7.24. The van der Waals surface area contributed by atoms with Crippen molar-refractivity contribution >= 4 is 34.8 Å². The Morgan fingerprint density at radius 2 is 2.48 bits per heavy atom. The second kappa shape index (κ2) is 6.54. The Morgan fingerprint density at radius 1 is 1.57 bits per heavy atom. The first-order valence-corrected chi connectivity index (χ1v) is 8.94. The van der Waals surface area contributed by atoms with E-state index in [0.717, 1.165) is 28.5 Å². The molecule has 0 bridgehead atoms. The average Bonchev–Trinajstić information content (AvgIpc) is 3.15. The van der Waals surface area contributed by atoms with Gasteiger partial charge in [0.25, 0.3) is 5.91 Å². The highest BCUT2D eigenvalue weighted by molar-refractivity contribution is 7.14. The number of fused-ring (bicyclic) bond motifs is 1. The summed E-state index contributed by atoms with van der Waals surface area (Å²) < 4.78 is 0. The van der Waals surface area contributed by atoms with Crippen molar-refractivity contribution in [2.75, 3.05) is 0 Å². The molecule has 0 saturated heterocycles. The van der Waals surface area contributed by atoms with E-state index in [9.17, 15) is 4.79 Å². The van der Waals surface area contributed by atoms with Gasteiger partial charge in [0.05, 0.1) is 11.1 Å². The average molecular weight is 318 g/mol. The molecule has 2 aromatic heterocycles. The monoisotopic (exact) mass is 318 g/mol. The van der Waals surface area contributed by atoms with Crippen LogP contribution in [-0.2, 0) is 12.8 Å². The lowest BCUT2D eigenvalue weighted by Gasteiger charge is -2.19. The van der Waals surface area contributed by atoms with Gasteiger partial charge in [0.15, 0.2) is 0 Å². The summed E-state index contributed by atoms with van der Waals surface area (Å²) in [5.41, 5.74) is 3.99. The fourth-order valence-electron chi connectivity index (χ4n) is 2.63. The summed E-state index contributed by atoms with van der Waals surface area (Å²) in [5, 5.41) is 6.01. The van der Waals surface area contributed by atoms with Gasteiger partial charge in [-0.2, -0.15) is 5.10 Å². The smallest absolute Gasteiger partial charge is 0.266 e. The van der Waals surface area contributed by atoms with Crippen molar-refractivity contribution in [3.63, 3.8) is 0 Å². The third-order valence-corrected chi connectivity index (χ3v) is 5.93. The van der Waals surface area contributed by atoms with Gasteiger partial charge in [-0.05, 0) is 48.3 Å². The second-order valence-corrected chi connectivity index (χ2v) is 7.41. The lowest BCUT2D eigenvalue weighted by Crippen LogP contribution is -2.16. The zero-order valence-corrected chi connectivity index (χ0v) is 13.6. The van der Waals surface area contributed by atoms with Crippen molar-refractivity contribution in [1.82, 2.24) is 5.43 Å². The molecule has 21 heavy (non-hydrogen) atoms. The van der Waals surface area contributed by atoms with Crippen molar-refractivity contribution in [2.24, 2.45) is 11.0 Å². The fourth-order valence-corrected chi connectivity index (χ4v) is 4.32. The van der Waals surface area contributed by atoms with E-state index in [-0.39, 0.29) is 5.91 Å². The van der Waals surface area contributed by atoms with E-state index in [4.69, 9.17) is 0 Å². The van der Waals surface area contributed by atoms with Gasteiger partial charge in [-0.25, -0.2) is 5.43 Å². The summed E-state index contributed by atoms with van der Waals surface area (Å²) in [4.78, 5) is 15.3. The summed E-state index contributed by atoms with van der Waals surface area (Å²) in [6.07, 6.45) is 6.39. The van der Waals surface area contributed by atoms with Crippen LogP contribution in [0.5, 0.6) is 0 Å². The number of thiophene rings is 2. The molecule has 0 fully saturated rings. The SMILES string of the molecule is CC[C@H]1CCc2sc(C(=O)N/N=C\c3cccs3)cc2C1. The lowest BCUT2D eigenvalue weighted by atomic mass is 9.87. The maximum atomic E-state index is 12.1. The molecule has 1 amide bonds. The zero-order valence-electron chi connectivity index (χ0n) is 12.0. The molecule has 0 aliphatic heterocycles. The van der Waals surface area contributed by atoms with E-state index in [1.165, 1.54) is 23.3 Å². The molecule has 3 rings (SSSR count). The van der Waals surface area contributed by atoms with E-state index in [0.29, 0.717) is 0 Å². The van der Waals surface area contributed by atoms with Crippen molar-refractivity contribution in [3.8, 4) is 0 Å². The van der Waals surface area contributed by atoms with Gasteiger partial charge in [-0.15, -0.1) is 22.7 Å². The number of aryl methyl sites for hydroxylation is 1. The van der Waals surface area contributed by atoms with Crippen LogP contribution in [-0.4, -0.2) is 12.1 Å². The lowest BCUT2D eigenvalue weighted by molar-refractivity contribution is 0.0959. The topological polar surface area (TPSA) is 41.5 Å². The van der Waals surface area contributed by atoms with E-state index < -0.39 is 0 Å². The maximum Gasteiger partial charge on any atom is 0.281 e. The summed E-state index contributed by atoms with van der Waals surface area (Å²) in [6.45, 7) is 2.24. The third kappa shape index (κ3) is 3.41. The first kappa shape index (κ1) is 14.5. The number of nitrogens with one attached hydrogen (secondary N) is 1. The van der Waals surface area contributed by atoms with Crippen molar-refractivity contribution in [3.05, 3.63) is 43.8 Å². The molecule has 0 unspecified atom stereocenters. The predicted molar refractivity (Wildman–Crippen MR) is 89.5 cm³/mol. The highest BCUT2D eigenvalue weighted by Gasteiger charge is 2.21. The summed E-state index contributed by atoms with van der Waals surface area (Å²) in [6, 6.07) is 5.98. The van der Waals surface area contributed by atoms with Crippen LogP contribution in [0.1, 0.15) is 44.8 Å². The molecule has 0 aromatic carbocycles. The van der Waals surface area contributed by atoms with Crippen molar-refractivity contribution < 1.29 is 4.79 Å². The van der Waals surface area contributed by atoms with Crippen LogP contribution in [0.4, 0.5) is 0 Å². The molecular weight excluding hydrogens is 300 g/mol. The van der Waals surface area contributed by atoms with Crippen LogP contribution < -0.4 is 5.43 Å². The zero-order chi connectivity index (χ0) is 14.7. The fraction of sp³-hybridized carbons (Fsp3) is 0.375. The molecule has 1 N–H and O–H groups in total. The maximum absolute atomic E-state index is 12.1. The number of carbonyl (C=O) groups is 1. The molecule has 5 heteroatoms. The van der Waals surface area contributed by atoms with Crippen LogP contribution in [0.2, 0.25) is 0 Å². The minimum Gasteiger partial charge on any atom is -0.266 e. The first-order chi connectivity index (χ1) is 10.3. The molecule has 110 valence electrons. The number of rotatable bonds is 4. The normalized spacial score (nSPS) is 17.9. The number of amides is 1. The quantitative estimate of drug-likeness (QED) is 0.669. The van der Waals surface area contributed by atoms with Crippen molar-refractivity contribution in [2.45, 2.75) is 32.6 Å². The number of nitrogens with zero attached hydrogens (tertiary/aromatic N) is 1. The molecule has 0 radical (unpaired) electrons. The number of carbonyl (C=O) groups excluding carboxylic acids is 1. The summed E-state index contributed by atoms with van der Waals surface area (Å²) in [5.74, 6) is 0.676. The number of hydrazone groups is 1. The van der Waals surface area contributed by atoms with E-state index >= 15 is 0 Å². The van der Waals surface area contributed by atoms with Crippen LogP contribution >= 0.6 is 22.7 Å². The minimum absolute atomic E-state index is 0.102.